The van der Waals surface area contributed by atoms with Gasteiger partial charge in [-0.3, -0.25) is 0 Å². The highest BCUT2D eigenvalue weighted by atomic mass is 32.1. The summed E-state index contributed by atoms with van der Waals surface area (Å²) >= 11 is 5.06. The molecule has 1 fully saturated rings. The Hall–Kier alpha value is -1.13. The van der Waals surface area contributed by atoms with Crippen LogP contribution in [0.15, 0.2) is 18.2 Å². The molecule has 104 valence electrons. The van der Waals surface area contributed by atoms with E-state index in [2.05, 4.69) is 11.9 Å². The molecule has 19 heavy (non-hydrogen) atoms. The van der Waals surface area contributed by atoms with Gasteiger partial charge in [-0.15, -0.1) is 0 Å². The Bertz CT molecular complexity index is 461. The molecule has 1 saturated heterocycles. The molecule has 0 aliphatic carbocycles. The molecule has 0 amide bonds. The lowest BCUT2D eigenvalue weighted by Gasteiger charge is -2.20. The van der Waals surface area contributed by atoms with Gasteiger partial charge in [0.05, 0.1) is 12.2 Å². The molecule has 2 rings (SSSR count). The van der Waals surface area contributed by atoms with Gasteiger partial charge in [-0.05, 0) is 57.5 Å². The highest BCUT2D eigenvalue weighted by molar-refractivity contribution is 7.80. The maximum Gasteiger partial charge on any atom is 0.129 e. The number of hydrogen-bond donors (Lipinski definition) is 1. The Morgan fingerprint density at radius 1 is 1.53 bits per heavy atom. The van der Waals surface area contributed by atoms with E-state index < -0.39 is 0 Å². The molecular weight excluding hydrogens is 256 g/mol. The third kappa shape index (κ3) is 3.67. The topological polar surface area (TPSA) is 38.5 Å². The molecular formula is C15H22N2OS. The number of ether oxygens (including phenoxy) is 1. The van der Waals surface area contributed by atoms with Crippen molar-refractivity contribution in [2.45, 2.75) is 32.2 Å². The summed E-state index contributed by atoms with van der Waals surface area (Å²) in [6.45, 7) is 3.96. The smallest absolute Gasteiger partial charge is 0.129 e. The van der Waals surface area contributed by atoms with Crippen LogP contribution >= 0.6 is 12.2 Å². The third-order valence-electron chi connectivity index (χ3n) is 3.78. The first-order valence-electron chi connectivity index (χ1n) is 6.81. The fourth-order valence-electron chi connectivity index (χ4n) is 2.60. The zero-order valence-corrected chi connectivity index (χ0v) is 12.5. The summed E-state index contributed by atoms with van der Waals surface area (Å²) in [6.07, 6.45) is 3.63. The van der Waals surface area contributed by atoms with Gasteiger partial charge in [0.15, 0.2) is 0 Å². The van der Waals surface area contributed by atoms with Crippen LogP contribution in [0.1, 0.15) is 30.4 Å². The van der Waals surface area contributed by atoms with Crippen LogP contribution in [0.25, 0.3) is 0 Å². The van der Waals surface area contributed by atoms with Crippen LogP contribution in [-0.4, -0.2) is 36.1 Å². The second-order valence-corrected chi connectivity index (χ2v) is 5.72. The van der Waals surface area contributed by atoms with Crippen LogP contribution < -0.4 is 10.5 Å². The summed E-state index contributed by atoms with van der Waals surface area (Å²) in [5.41, 5.74) is 7.72. The second-order valence-electron chi connectivity index (χ2n) is 5.28. The van der Waals surface area contributed by atoms with Gasteiger partial charge in [-0.25, -0.2) is 0 Å². The maximum atomic E-state index is 5.90. The van der Waals surface area contributed by atoms with Crippen LogP contribution in [0.2, 0.25) is 0 Å². The molecule has 1 atom stereocenters. The van der Waals surface area contributed by atoms with Crippen molar-refractivity contribution in [2.24, 2.45) is 5.73 Å². The van der Waals surface area contributed by atoms with E-state index in [0.717, 1.165) is 23.3 Å². The lowest BCUT2D eigenvalue weighted by atomic mass is 10.1. The van der Waals surface area contributed by atoms with Gasteiger partial charge in [-0.2, -0.15) is 0 Å². The normalized spacial score (nSPS) is 19.6. The van der Waals surface area contributed by atoms with Crippen molar-refractivity contribution in [3.63, 3.8) is 0 Å². The monoisotopic (exact) mass is 278 g/mol. The van der Waals surface area contributed by atoms with Crippen LogP contribution in [0, 0.1) is 6.92 Å². The number of benzene rings is 1. The van der Waals surface area contributed by atoms with E-state index in [1.165, 1.54) is 19.4 Å². The molecule has 1 aliphatic heterocycles. The Morgan fingerprint density at radius 2 is 2.32 bits per heavy atom. The van der Waals surface area contributed by atoms with E-state index in [1.54, 1.807) is 0 Å². The van der Waals surface area contributed by atoms with E-state index >= 15 is 0 Å². The van der Waals surface area contributed by atoms with Crippen molar-refractivity contribution in [2.75, 3.05) is 20.2 Å². The van der Waals surface area contributed by atoms with Crippen LogP contribution in [0.3, 0.4) is 0 Å². The van der Waals surface area contributed by atoms with Gasteiger partial charge < -0.3 is 15.4 Å². The summed E-state index contributed by atoms with van der Waals surface area (Å²) in [5.74, 6) is 0.813. The quantitative estimate of drug-likeness (QED) is 0.840. The first-order valence-corrected chi connectivity index (χ1v) is 7.22. The van der Waals surface area contributed by atoms with E-state index in [0.29, 0.717) is 17.6 Å². The number of aryl methyl sites for hydroxylation is 1. The minimum Gasteiger partial charge on any atom is -0.493 e. The number of thiocarbonyl (C=S) groups is 1. The number of rotatable bonds is 5. The van der Waals surface area contributed by atoms with Crippen molar-refractivity contribution >= 4 is 17.2 Å². The van der Waals surface area contributed by atoms with E-state index in [9.17, 15) is 0 Å². The van der Waals surface area contributed by atoms with Crippen LogP contribution in [0.5, 0.6) is 5.75 Å². The lowest BCUT2D eigenvalue weighted by molar-refractivity contribution is 0.233. The van der Waals surface area contributed by atoms with Gasteiger partial charge in [0, 0.05) is 6.04 Å². The molecule has 1 aromatic rings. The van der Waals surface area contributed by atoms with Crippen molar-refractivity contribution in [3.05, 3.63) is 29.3 Å². The van der Waals surface area contributed by atoms with Crippen molar-refractivity contribution in [1.82, 2.24) is 4.90 Å². The Balaban J connectivity index is 1.95. The van der Waals surface area contributed by atoms with E-state index in [-0.39, 0.29) is 0 Å². The van der Waals surface area contributed by atoms with Gasteiger partial charge in [0.1, 0.15) is 10.7 Å². The van der Waals surface area contributed by atoms with Crippen molar-refractivity contribution < 1.29 is 4.74 Å². The molecule has 0 bridgehead atoms. The first-order chi connectivity index (χ1) is 9.08. The molecule has 0 saturated carbocycles. The lowest BCUT2D eigenvalue weighted by Crippen LogP contribution is -2.26. The molecule has 3 nitrogen and oxygen atoms in total. The summed E-state index contributed by atoms with van der Waals surface area (Å²) in [5, 5.41) is 0. The van der Waals surface area contributed by atoms with Crippen LogP contribution in [0.4, 0.5) is 0 Å². The van der Waals surface area contributed by atoms with Gasteiger partial charge >= 0.3 is 0 Å². The highest BCUT2D eigenvalue weighted by Gasteiger charge is 2.20. The molecule has 0 spiro atoms. The van der Waals surface area contributed by atoms with E-state index in [1.807, 2.05) is 25.1 Å². The molecule has 4 heteroatoms. The molecule has 2 N–H and O–H groups in total. The van der Waals surface area contributed by atoms with Crippen molar-refractivity contribution in [1.29, 1.82) is 0 Å². The van der Waals surface area contributed by atoms with Crippen molar-refractivity contribution in [3.8, 4) is 5.75 Å². The standard InChI is InChI=1S/C15H22N2OS/c1-11-5-6-13(15(16)19)14(10-11)18-9-7-12-4-3-8-17(12)2/h5-6,10,12H,3-4,7-9H2,1-2H3,(H2,16,19). The predicted molar refractivity (Wildman–Crippen MR) is 82.8 cm³/mol. The Labute approximate surface area is 120 Å². The highest BCUT2D eigenvalue weighted by Crippen LogP contribution is 2.22. The van der Waals surface area contributed by atoms with Gasteiger partial charge in [0.25, 0.3) is 0 Å². The van der Waals surface area contributed by atoms with E-state index in [4.69, 9.17) is 22.7 Å². The minimum atomic E-state index is 0.396. The Kier molecular flexibility index (Phi) is 4.77. The fourth-order valence-corrected chi connectivity index (χ4v) is 2.77. The zero-order valence-electron chi connectivity index (χ0n) is 11.7. The SMILES string of the molecule is Cc1ccc(C(N)=S)c(OCCC2CCCN2C)c1. The fraction of sp³-hybridized carbons (Fsp3) is 0.533. The molecule has 1 aliphatic rings. The minimum absolute atomic E-state index is 0.396. The second kappa shape index (κ2) is 6.35. The molecule has 1 heterocycles. The van der Waals surface area contributed by atoms with Crippen LogP contribution in [-0.2, 0) is 0 Å². The number of nitrogens with two attached hydrogens (primary N) is 1. The largest absolute Gasteiger partial charge is 0.493 e. The molecule has 1 unspecified atom stereocenters. The average molecular weight is 278 g/mol. The first kappa shape index (κ1) is 14.3. The van der Waals surface area contributed by atoms with Gasteiger partial charge in [0.2, 0.25) is 0 Å². The predicted octanol–water partition coefficient (Wildman–Crippen LogP) is 2.49. The summed E-state index contributed by atoms with van der Waals surface area (Å²) in [7, 11) is 2.19. The maximum absolute atomic E-state index is 5.90. The number of likely N-dealkylation sites (tertiary alicyclic amines) is 1. The molecule has 0 radical (unpaired) electrons. The number of nitrogens with zero attached hydrogens (tertiary/aromatic N) is 1. The summed E-state index contributed by atoms with van der Waals surface area (Å²) in [4.78, 5) is 2.81. The molecule has 0 aromatic heterocycles. The summed E-state index contributed by atoms with van der Waals surface area (Å²) in [6, 6.07) is 6.60. The average Bonchev–Trinajstić information content (AvgIpc) is 2.75. The summed E-state index contributed by atoms with van der Waals surface area (Å²) < 4.78 is 5.90. The molecule has 1 aromatic carbocycles. The Morgan fingerprint density at radius 3 is 2.95 bits per heavy atom. The number of hydrogen-bond acceptors (Lipinski definition) is 3. The zero-order chi connectivity index (χ0) is 13.8. The van der Waals surface area contributed by atoms with Gasteiger partial charge in [-0.1, -0.05) is 18.3 Å². The third-order valence-corrected chi connectivity index (χ3v) is 4.00.